The van der Waals surface area contributed by atoms with Gasteiger partial charge in [-0.25, -0.2) is 4.98 Å². The second kappa shape index (κ2) is 7.42. The predicted octanol–water partition coefficient (Wildman–Crippen LogP) is 4.43. The number of alkyl halides is 3. The van der Waals surface area contributed by atoms with Crippen LogP contribution in [0.2, 0.25) is 0 Å². The lowest BCUT2D eigenvalue weighted by atomic mass is 9.95. The predicted molar refractivity (Wildman–Crippen MR) is 98.5 cm³/mol. The normalized spacial score (nSPS) is 17.4. The van der Waals surface area contributed by atoms with Crippen molar-refractivity contribution in [2.75, 3.05) is 23.3 Å². The van der Waals surface area contributed by atoms with Gasteiger partial charge in [-0.15, -0.1) is 0 Å². The molecule has 0 fully saturated rings. The fourth-order valence-corrected chi connectivity index (χ4v) is 3.16. The highest BCUT2D eigenvalue weighted by atomic mass is 19.4. The first kappa shape index (κ1) is 18.9. The number of aromatic nitrogens is 1. The van der Waals surface area contributed by atoms with Gasteiger partial charge in [0.25, 0.3) is 5.91 Å². The van der Waals surface area contributed by atoms with Crippen LogP contribution in [-0.4, -0.2) is 24.0 Å². The maximum absolute atomic E-state index is 12.6. The summed E-state index contributed by atoms with van der Waals surface area (Å²) < 4.78 is 37.9. The summed E-state index contributed by atoms with van der Waals surface area (Å²) in [5.74, 6) is 0.567. The highest BCUT2D eigenvalue weighted by Crippen LogP contribution is 2.30. The monoisotopic (exact) mass is 375 g/mol. The zero-order valence-corrected chi connectivity index (χ0v) is 15.0. The van der Waals surface area contributed by atoms with E-state index in [1.165, 1.54) is 12.1 Å². The summed E-state index contributed by atoms with van der Waals surface area (Å²) in [5.41, 5.74) is 1.28. The van der Waals surface area contributed by atoms with Gasteiger partial charge in [-0.3, -0.25) is 4.79 Å². The summed E-state index contributed by atoms with van der Waals surface area (Å²) in [5, 5.41) is 2.68. The molecule has 7 heteroatoms. The molecule has 0 spiro atoms. The largest absolute Gasteiger partial charge is 0.416 e. The Morgan fingerprint density at radius 1 is 1.22 bits per heavy atom. The molecule has 1 atom stereocenters. The smallest absolute Gasteiger partial charge is 0.352 e. The van der Waals surface area contributed by atoms with Gasteiger partial charge in [-0.05, 0) is 42.8 Å². The molecule has 4 nitrogen and oxygen atoms in total. The summed E-state index contributed by atoms with van der Waals surface area (Å²) in [6, 6.07) is 8.31. The van der Waals surface area contributed by atoms with Crippen LogP contribution in [0.25, 0.3) is 0 Å². The number of carbonyl (C=O) groups is 1. The number of benzene rings is 1. The molecule has 1 aliphatic heterocycles. The number of pyridine rings is 1. The molecule has 1 aromatic heterocycles. The maximum atomic E-state index is 12.6. The van der Waals surface area contributed by atoms with E-state index >= 15 is 0 Å². The van der Waals surface area contributed by atoms with Crippen LogP contribution in [0.3, 0.4) is 0 Å². The van der Waals surface area contributed by atoms with Crippen LogP contribution in [0.4, 0.5) is 24.7 Å². The van der Waals surface area contributed by atoms with E-state index in [4.69, 9.17) is 0 Å². The quantitative estimate of drug-likeness (QED) is 0.863. The lowest BCUT2D eigenvalue weighted by molar-refractivity contribution is -0.137. The van der Waals surface area contributed by atoms with E-state index in [9.17, 15) is 18.0 Å². The topological polar surface area (TPSA) is 45.2 Å². The minimum atomic E-state index is -4.39. The Labute approximate surface area is 155 Å². The summed E-state index contributed by atoms with van der Waals surface area (Å²) in [7, 11) is 0. The van der Waals surface area contributed by atoms with E-state index < -0.39 is 11.7 Å². The lowest BCUT2D eigenvalue weighted by Gasteiger charge is -2.32. The van der Waals surface area contributed by atoms with Gasteiger partial charge in [-0.1, -0.05) is 19.1 Å². The van der Waals surface area contributed by atoms with Crippen LogP contribution in [0.1, 0.15) is 18.1 Å². The maximum Gasteiger partial charge on any atom is 0.416 e. The Kier molecular flexibility index (Phi) is 5.21. The molecule has 2 aromatic rings. The van der Waals surface area contributed by atoms with E-state index in [0.29, 0.717) is 24.4 Å². The number of aryl methyl sites for hydroxylation is 1. The van der Waals surface area contributed by atoms with E-state index in [2.05, 4.69) is 15.2 Å². The fourth-order valence-electron chi connectivity index (χ4n) is 3.16. The van der Waals surface area contributed by atoms with E-state index in [1.54, 1.807) is 6.20 Å². The fraction of sp³-hybridized carbons (Fsp3) is 0.300. The molecule has 1 amide bonds. The van der Waals surface area contributed by atoms with Crippen molar-refractivity contribution < 1.29 is 18.0 Å². The van der Waals surface area contributed by atoms with Crippen molar-refractivity contribution in [3.05, 3.63) is 65.4 Å². The van der Waals surface area contributed by atoms with Crippen molar-refractivity contribution >= 4 is 17.4 Å². The molecule has 0 saturated carbocycles. The Bertz CT molecular complexity index is 860. The summed E-state index contributed by atoms with van der Waals surface area (Å²) in [4.78, 5) is 19.0. The number of hydrogen-bond donors (Lipinski definition) is 1. The molecule has 1 aliphatic rings. The first-order valence-corrected chi connectivity index (χ1v) is 8.61. The third-order valence-corrected chi connectivity index (χ3v) is 4.57. The average Bonchev–Trinajstić information content (AvgIpc) is 2.61. The van der Waals surface area contributed by atoms with Crippen LogP contribution < -0.4 is 10.2 Å². The van der Waals surface area contributed by atoms with Crippen molar-refractivity contribution in [3.8, 4) is 0 Å². The van der Waals surface area contributed by atoms with Gasteiger partial charge in [0.05, 0.1) is 5.56 Å². The van der Waals surface area contributed by atoms with Crippen LogP contribution >= 0.6 is 0 Å². The molecule has 0 bridgehead atoms. The number of nitrogens with zero attached hydrogens (tertiary/aromatic N) is 2. The molecule has 3 rings (SSSR count). The first-order valence-electron chi connectivity index (χ1n) is 8.61. The third-order valence-electron chi connectivity index (χ3n) is 4.57. The Balaban J connectivity index is 1.69. The van der Waals surface area contributed by atoms with E-state index in [0.717, 1.165) is 23.5 Å². The van der Waals surface area contributed by atoms with E-state index in [-0.39, 0.29) is 11.8 Å². The molecule has 1 N–H and O–H groups in total. The molecule has 0 aliphatic carbocycles. The first-order chi connectivity index (χ1) is 12.8. The Morgan fingerprint density at radius 2 is 1.93 bits per heavy atom. The molecule has 142 valence electrons. The minimum Gasteiger partial charge on any atom is -0.352 e. The van der Waals surface area contributed by atoms with E-state index in [1.807, 2.05) is 32.1 Å². The summed E-state index contributed by atoms with van der Waals surface area (Å²) >= 11 is 0. The molecule has 1 aromatic carbocycles. The van der Waals surface area contributed by atoms with Gasteiger partial charge < -0.3 is 10.2 Å². The highest BCUT2D eigenvalue weighted by molar-refractivity contribution is 6.04. The number of carbonyl (C=O) groups excluding carboxylic acids is 1. The van der Waals surface area contributed by atoms with Crippen molar-refractivity contribution in [2.24, 2.45) is 5.92 Å². The van der Waals surface area contributed by atoms with Gasteiger partial charge in [0.2, 0.25) is 0 Å². The van der Waals surface area contributed by atoms with Crippen molar-refractivity contribution in [1.29, 1.82) is 0 Å². The molecule has 27 heavy (non-hydrogen) atoms. The third kappa shape index (κ3) is 4.30. The van der Waals surface area contributed by atoms with Crippen LogP contribution in [-0.2, 0) is 11.0 Å². The SMILES string of the molecule is Cc1cccnc1N1CC=C(C(=O)Nc2ccc(C(F)(F)F)cc2)C(C)C1. The standard InChI is InChI=1S/C20H20F3N3O/c1-13-4-3-10-24-18(13)26-11-9-17(14(2)12-26)19(27)25-16-7-5-15(6-8-16)20(21,22)23/h3-10,14H,11-12H2,1-2H3,(H,25,27). The van der Waals surface area contributed by atoms with Crippen molar-refractivity contribution in [2.45, 2.75) is 20.0 Å². The van der Waals surface area contributed by atoms with Crippen molar-refractivity contribution in [3.63, 3.8) is 0 Å². The van der Waals surface area contributed by atoms with Gasteiger partial charge in [0.1, 0.15) is 5.82 Å². The number of rotatable bonds is 3. The average molecular weight is 375 g/mol. The Hall–Kier alpha value is -2.83. The number of halogens is 3. The van der Waals surface area contributed by atoms with Gasteiger partial charge in [0.15, 0.2) is 0 Å². The number of amides is 1. The number of hydrogen-bond acceptors (Lipinski definition) is 3. The summed E-state index contributed by atoms with van der Waals surface area (Å²) in [6.07, 6.45) is -0.804. The zero-order valence-electron chi connectivity index (χ0n) is 15.0. The van der Waals surface area contributed by atoms with Gasteiger partial charge >= 0.3 is 6.18 Å². The number of nitrogens with one attached hydrogen (secondary N) is 1. The lowest BCUT2D eigenvalue weighted by Crippen LogP contribution is -2.37. The summed E-state index contributed by atoms with van der Waals surface area (Å²) in [6.45, 7) is 5.13. The van der Waals surface area contributed by atoms with Crippen LogP contribution in [0.5, 0.6) is 0 Å². The molecular formula is C20H20F3N3O. The van der Waals surface area contributed by atoms with Crippen molar-refractivity contribution in [1.82, 2.24) is 4.98 Å². The highest BCUT2D eigenvalue weighted by Gasteiger charge is 2.30. The zero-order chi connectivity index (χ0) is 19.6. The molecule has 1 unspecified atom stereocenters. The second-order valence-corrected chi connectivity index (χ2v) is 6.64. The number of anilines is 2. The van der Waals surface area contributed by atoms with Crippen LogP contribution in [0, 0.1) is 12.8 Å². The molecular weight excluding hydrogens is 355 g/mol. The van der Waals surface area contributed by atoms with Gasteiger partial charge in [0, 0.05) is 36.5 Å². The molecule has 2 heterocycles. The molecule has 0 saturated heterocycles. The Morgan fingerprint density at radius 3 is 2.52 bits per heavy atom. The van der Waals surface area contributed by atoms with Crippen LogP contribution in [0.15, 0.2) is 54.2 Å². The van der Waals surface area contributed by atoms with Gasteiger partial charge in [-0.2, -0.15) is 13.2 Å². The molecule has 0 radical (unpaired) electrons. The minimum absolute atomic E-state index is 0.0328. The second-order valence-electron chi connectivity index (χ2n) is 6.64.